The number of nitrogens with zero attached hydrogens (tertiary/aromatic N) is 9. The van der Waals surface area contributed by atoms with Crippen LogP contribution in [0.5, 0.6) is 0 Å². The Hall–Kier alpha value is -10.3. The molecule has 2 aliphatic rings. The molecule has 1 aliphatic heterocycles. The van der Waals surface area contributed by atoms with Gasteiger partial charge in [0.15, 0.2) is 34.7 Å². The number of fused-ring (bicyclic) bond motifs is 6. The molecule has 12 aromatic rings. The standard InChI is InChI=1S/C22H19N3O3.C21H18FN3O3.C21H17N3O3/c1-13-5-4-10-25(13)21-20(19-12-14-6-2-3-7-18(14)28-19)23-16-9-8-15(22(26)27)11-17(16)24-21;1-11(2)25(3)20-19(18-10-13-8-14(22)5-7-17(13)28-18)23-15-6-4-12(21(26)27)9-16(15)24-20;1-24(14-7-8-14)20-19(18-11-12-4-2-3-5-17(12)27-18)22-15-9-6-13(21(25)26)10-16(15)23-20/h2-3,6-9,11-13H,4-5,10H2,1H3,(H,26,27);4-11H,1-3H3,(H,26,27);2-6,9-11,14H,7-8H2,1H3,(H,25,26)/t13-;;/m0../s1. The molecule has 2 fully saturated rings. The normalized spacial score (nSPS) is 14.1. The van der Waals surface area contributed by atoms with E-state index < -0.39 is 17.9 Å². The Bertz CT molecular complexity index is 4470. The number of rotatable bonds is 11. The van der Waals surface area contributed by atoms with Crippen LogP contribution in [0.2, 0.25) is 0 Å². The van der Waals surface area contributed by atoms with E-state index in [1.165, 1.54) is 24.3 Å². The topological polar surface area (TPSA) is 238 Å². The molecule has 1 saturated carbocycles. The third-order valence-corrected chi connectivity index (χ3v) is 15.1. The van der Waals surface area contributed by atoms with Crippen LogP contribution in [0.3, 0.4) is 0 Å². The van der Waals surface area contributed by atoms with E-state index in [0.717, 1.165) is 60.0 Å². The van der Waals surface area contributed by atoms with Gasteiger partial charge in [-0.1, -0.05) is 36.4 Å². The number of aromatic nitrogens is 6. The summed E-state index contributed by atoms with van der Waals surface area (Å²) in [7, 11) is 3.88. The summed E-state index contributed by atoms with van der Waals surface area (Å²) in [6, 6.07) is 40.9. The van der Waals surface area contributed by atoms with Crippen LogP contribution < -0.4 is 14.7 Å². The minimum absolute atomic E-state index is 0.120. The Balaban J connectivity index is 0.000000123. The van der Waals surface area contributed by atoms with Crippen LogP contribution >= 0.6 is 0 Å². The summed E-state index contributed by atoms with van der Waals surface area (Å²) in [5.74, 6) is 0.520. The smallest absolute Gasteiger partial charge is 0.335 e. The minimum Gasteiger partial charge on any atom is -0.478 e. The van der Waals surface area contributed by atoms with Crippen molar-refractivity contribution in [1.29, 1.82) is 0 Å². The maximum absolute atomic E-state index is 13.5. The van der Waals surface area contributed by atoms with Crippen molar-refractivity contribution in [2.45, 2.75) is 64.6 Å². The maximum Gasteiger partial charge on any atom is 0.335 e. The quantitative estimate of drug-likeness (QED) is 0.109. The summed E-state index contributed by atoms with van der Waals surface area (Å²) in [5.41, 5.74) is 8.07. The number of carboxylic acids is 3. The Morgan fingerprint density at radius 2 is 0.988 bits per heavy atom. The van der Waals surface area contributed by atoms with Gasteiger partial charge in [-0.2, -0.15) is 0 Å². The second-order valence-corrected chi connectivity index (χ2v) is 21.0. The molecule has 1 atom stereocenters. The number of para-hydroxylation sites is 2. The lowest BCUT2D eigenvalue weighted by molar-refractivity contribution is 0.0686. The zero-order chi connectivity index (χ0) is 57.8. The van der Waals surface area contributed by atoms with Gasteiger partial charge in [-0.05, 0) is 150 Å². The Labute approximate surface area is 473 Å². The van der Waals surface area contributed by atoms with Gasteiger partial charge < -0.3 is 43.3 Å². The first kappa shape index (κ1) is 53.3. The van der Waals surface area contributed by atoms with Crippen LogP contribution in [0, 0.1) is 5.82 Å². The number of anilines is 3. The van der Waals surface area contributed by atoms with E-state index in [1.54, 1.807) is 54.6 Å². The summed E-state index contributed by atoms with van der Waals surface area (Å²) in [6.45, 7) is 7.09. The first-order chi connectivity index (χ1) is 40.0. The van der Waals surface area contributed by atoms with Gasteiger partial charge in [-0.25, -0.2) is 48.7 Å². The average Bonchev–Trinajstić information content (AvgIpc) is 3.62. The van der Waals surface area contributed by atoms with Crippen molar-refractivity contribution in [3.8, 4) is 34.4 Å². The van der Waals surface area contributed by atoms with Gasteiger partial charge in [0, 0.05) is 54.9 Å². The summed E-state index contributed by atoms with van der Waals surface area (Å²) in [6.07, 6.45) is 4.42. The van der Waals surface area contributed by atoms with Crippen molar-refractivity contribution in [3.05, 3.63) is 162 Å². The molecule has 0 radical (unpaired) electrons. The Morgan fingerprint density at radius 1 is 0.530 bits per heavy atom. The molecule has 0 unspecified atom stereocenters. The van der Waals surface area contributed by atoms with Gasteiger partial charge in [0.25, 0.3) is 0 Å². The van der Waals surface area contributed by atoms with Crippen LogP contribution in [-0.4, -0.2) is 102 Å². The van der Waals surface area contributed by atoms with Crippen LogP contribution in [0.1, 0.15) is 77.5 Å². The van der Waals surface area contributed by atoms with Gasteiger partial charge in [0.05, 0.1) is 49.8 Å². The SMILES string of the molecule is CC(C)N(C)c1nc2cc(C(=O)O)ccc2nc1-c1cc2cc(F)ccc2o1.CN(c1nc2cc(C(=O)O)ccc2nc1-c1cc2ccccc2o1)C1CC1.C[C@H]1CCCN1c1nc2cc(C(=O)O)ccc2nc1-c1cc2ccccc2o1. The molecule has 416 valence electrons. The van der Waals surface area contributed by atoms with Gasteiger partial charge in [-0.15, -0.1) is 0 Å². The van der Waals surface area contributed by atoms with Gasteiger partial charge in [-0.3, -0.25) is 0 Å². The van der Waals surface area contributed by atoms with E-state index in [-0.39, 0.29) is 28.5 Å². The zero-order valence-corrected chi connectivity index (χ0v) is 45.7. The molecule has 6 aromatic carbocycles. The fourth-order valence-electron chi connectivity index (χ4n) is 10.2. The lowest BCUT2D eigenvalue weighted by atomic mass is 10.1. The van der Waals surface area contributed by atoms with Crippen molar-refractivity contribution in [2.75, 3.05) is 35.3 Å². The van der Waals surface area contributed by atoms with Crippen LogP contribution in [0.25, 0.3) is 100 Å². The van der Waals surface area contributed by atoms with E-state index in [1.807, 2.05) is 93.5 Å². The monoisotopic (exact) mass is 1110 g/mol. The number of carbonyl (C=O) groups is 3. The summed E-state index contributed by atoms with van der Waals surface area (Å²) >= 11 is 0. The molecule has 7 heterocycles. The number of hydrogen-bond acceptors (Lipinski definition) is 15. The molecule has 1 saturated heterocycles. The fourth-order valence-corrected chi connectivity index (χ4v) is 10.2. The minimum atomic E-state index is -1.02. The molecule has 0 amide bonds. The molecule has 1 aliphatic carbocycles. The fraction of sp³-hybridized carbons (Fsp3) is 0.203. The van der Waals surface area contributed by atoms with Crippen molar-refractivity contribution in [2.24, 2.45) is 0 Å². The molecular weight excluding hydrogens is 1060 g/mol. The predicted octanol–water partition coefficient (Wildman–Crippen LogP) is 13.8. The molecule has 3 N–H and O–H groups in total. The number of halogens is 1. The third-order valence-electron chi connectivity index (χ3n) is 15.1. The molecule has 0 spiro atoms. The molecule has 19 heteroatoms. The molecule has 83 heavy (non-hydrogen) atoms. The van der Waals surface area contributed by atoms with Crippen molar-refractivity contribution in [1.82, 2.24) is 29.9 Å². The maximum atomic E-state index is 13.5. The van der Waals surface area contributed by atoms with Crippen molar-refractivity contribution >= 4 is 101 Å². The first-order valence-corrected chi connectivity index (χ1v) is 27.1. The van der Waals surface area contributed by atoms with Crippen LogP contribution in [0.4, 0.5) is 21.8 Å². The van der Waals surface area contributed by atoms with E-state index in [0.29, 0.717) is 102 Å². The van der Waals surface area contributed by atoms with E-state index >= 15 is 0 Å². The van der Waals surface area contributed by atoms with Crippen molar-refractivity contribution < 1.29 is 47.3 Å². The largest absolute Gasteiger partial charge is 0.478 e. The second-order valence-electron chi connectivity index (χ2n) is 21.0. The van der Waals surface area contributed by atoms with Gasteiger partial charge >= 0.3 is 17.9 Å². The Kier molecular flexibility index (Phi) is 13.9. The number of hydrogen-bond donors (Lipinski definition) is 3. The summed E-state index contributed by atoms with van der Waals surface area (Å²) in [4.78, 5) is 68.8. The number of aromatic carboxylic acids is 3. The van der Waals surface area contributed by atoms with Gasteiger partial charge in [0.2, 0.25) is 0 Å². The van der Waals surface area contributed by atoms with Crippen molar-refractivity contribution in [3.63, 3.8) is 0 Å². The van der Waals surface area contributed by atoms with Crippen LogP contribution in [0.15, 0.2) is 153 Å². The highest BCUT2D eigenvalue weighted by Gasteiger charge is 2.31. The Morgan fingerprint density at radius 3 is 1.47 bits per heavy atom. The lowest BCUT2D eigenvalue weighted by Gasteiger charge is -2.24. The molecule has 14 rings (SSSR count). The van der Waals surface area contributed by atoms with E-state index in [9.17, 15) is 34.1 Å². The van der Waals surface area contributed by atoms with Gasteiger partial charge in [0.1, 0.15) is 39.6 Å². The summed E-state index contributed by atoms with van der Waals surface area (Å²) in [5, 5.41) is 30.5. The highest BCUT2D eigenvalue weighted by Crippen LogP contribution is 2.40. The first-order valence-electron chi connectivity index (χ1n) is 27.1. The average molecular weight is 1110 g/mol. The lowest BCUT2D eigenvalue weighted by Crippen LogP contribution is -2.28. The molecule has 0 bridgehead atoms. The molecule has 18 nitrogen and oxygen atoms in total. The molecular formula is C64H54FN9O9. The molecule has 6 aromatic heterocycles. The van der Waals surface area contributed by atoms with E-state index in [2.05, 4.69) is 26.7 Å². The number of carboxylic acid groups (broad SMARTS) is 3. The summed E-state index contributed by atoms with van der Waals surface area (Å²) < 4.78 is 31.6. The number of benzene rings is 6. The van der Waals surface area contributed by atoms with Crippen LogP contribution in [-0.2, 0) is 0 Å². The zero-order valence-electron chi connectivity index (χ0n) is 45.7. The third kappa shape index (κ3) is 10.7. The predicted molar refractivity (Wildman–Crippen MR) is 316 cm³/mol. The number of furan rings is 3. The second kappa shape index (κ2) is 21.6. The highest BCUT2D eigenvalue weighted by molar-refractivity contribution is 5.97. The van der Waals surface area contributed by atoms with E-state index in [4.69, 9.17) is 33.2 Å². The highest BCUT2D eigenvalue weighted by atomic mass is 19.1.